The molecule has 0 bridgehead atoms. The maximum absolute atomic E-state index is 6.08. The minimum atomic E-state index is 0.634. The van der Waals surface area contributed by atoms with Crippen LogP contribution in [0.4, 0.5) is 5.69 Å². The number of hydrogen-bond acceptors (Lipinski definition) is 3. The minimum absolute atomic E-state index is 0.634. The van der Waals surface area contributed by atoms with E-state index in [0.29, 0.717) is 10.0 Å². The van der Waals surface area contributed by atoms with Crippen molar-refractivity contribution in [2.24, 2.45) is 0 Å². The Morgan fingerprint density at radius 2 is 1.77 bits per heavy atom. The number of anilines is 1. The number of rotatable bonds is 4. The molecule has 3 aromatic rings. The molecule has 1 unspecified atom stereocenters. The van der Waals surface area contributed by atoms with E-state index in [4.69, 9.17) is 23.2 Å². The van der Waals surface area contributed by atoms with Gasteiger partial charge in [0.2, 0.25) is 0 Å². The van der Waals surface area contributed by atoms with E-state index in [2.05, 4.69) is 36.7 Å². The number of hydrogen-bond donors (Lipinski definition) is 0. The van der Waals surface area contributed by atoms with E-state index in [1.807, 2.05) is 30.5 Å². The van der Waals surface area contributed by atoms with Gasteiger partial charge in [-0.3, -0.25) is 4.98 Å². The molecule has 2 nitrogen and oxygen atoms in total. The summed E-state index contributed by atoms with van der Waals surface area (Å²) in [6.07, 6.45) is 2.57. The minimum Gasteiger partial charge on any atom is -0.306 e. The molecule has 2 aromatic carbocycles. The van der Waals surface area contributed by atoms with Gasteiger partial charge in [0.05, 0.1) is 11.2 Å². The Kier molecular flexibility index (Phi) is 5.10. The average Bonchev–Trinajstić information content (AvgIpc) is 2.51. The normalized spacial score (nSPS) is 10.9. The molecular formula is C16H13Cl2N2PS. The molecule has 1 atom stereocenters. The Morgan fingerprint density at radius 1 is 1.05 bits per heavy atom. The summed E-state index contributed by atoms with van der Waals surface area (Å²) >= 11 is 13.8. The fourth-order valence-corrected chi connectivity index (χ4v) is 4.19. The van der Waals surface area contributed by atoms with Gasteiger partial charge in [0.25, 0.3) is 0 Å². The molecule has 0 aliphatic heterocycles. The number of para-hydroxylation sites is 1. The van der Waals surface area contributed by atoms with E-state index in [0.717, 1.165) is 27.8 Å². The van der Waals surface area contributed by atoms with Crippen LogP contribution < -0.4 is 4.31 Å². The third-order valence-corrected chi connectivity index (χ3v) is 5.18. The lowest BCUT2D eigenvalue weighted by Crippen LogP contribution is -2.11. The third kappa shape index (κ3) is 3.49. The molecule has 0 aliphatic rings. The molecule has 0 saturated heterocycles. The van der Waals surface area contributed by atoms with Crippen LogP contribution in [0.5, 0.6) is 0 Å². The van der Waals surface area contributed by atoms with Crippen molar-refractivity contribution in [2.45, 2.75) is 4.90 Å². The number of nitrogens with zero attached hydrogens (tertiary/aromatic N) is 2. The van der Waals surface area contributed by atoms with Gasteiger partial charge in [0, 0.05) is 32.8 Å². The molecule has 1 heterocycles. The number of benzene rings is 2. The highest BCUT2D eigenvalue weighted by molar-refractivity contribution is 8.00. The monoisotopic (exact) mass is 366 g/mol. The first-order valence-corrected chi connectivity index (χ1v) is 8.97. The van der Waals surface area contributed by atoms with Gasteiger partial charge in [-0.05, 0) is 42.3 Å². The van der Waals surface area contributed by atoms with E-state index in [1.165, 1.54) is 0 Å². The van der Waals surface area contributed by atoms with Gasteiger partial charge >= 0.3 is 0 Å². The molecule has 112 valence electrons. The van der Waals surface area contributed by atoms with E-state index in [9.17, 15) is 0 Å². The second-order valence-electron chi connectivity index (χ2n) is 4.61. The molecule has 22 heavy (non-hydrogen) atoms. The zero-order valence-corrected chi connectivity index (χ0v) is 15.0. The van der Waals surface area contributed by atoms with Gasteiger partial charge in [-0.1, -0.05) is 41.4 Å². The summed E-state index contributed by atoms with van der Waals surface area (Å²) in [4.78, 5) is 5.50. The van der Waals surface area contributed by atoms with E-state index >= 15 is 0 Å². The highest BCUT2D eigenvalue weighted by Crippen LogP contribution is 2.35. The molecule has 3 rings (SSSR count). The van der Waals surface area contributed by atoms with Crippen molar-refractivity contribution in [1.29, 1.82) is 0 Å². The molecule has 1 aromatic heterocycles. The summed E-state index contributed by atoms with van der Waals surface area (Å²) in [6, 6.07) is 15.7. The average molecular weight is 367 g/mol. The number of halogens is 2. The van der Waals surface area contributed by atoms with Crippen LogP contribution in [0.15, 0.2) is 59.6 Å². The fraction of sp³-hybridized carbons (Fsp3) is 0.0625. The smallest absolute Gasteiger partial charge is 0.0943 e. The van der Waals surface area contributed by atoms with Crippen LogP contribution in [0.1, 0.15) is 0 Å². The first-order chi connectivity index (χ1) is 10.7. The van der Waals surface area contributed by atoms with Crippen molar-refractivity contribution in [1.82, 2.24) is 4.98 Å². The lowest BCUT2D eigenvalue weighted by Gasteiger charge is -2.22. The van der Waals surface area contributed by atoms with Crippen molar-refractivity contribution in [2.75, 3.05) is 10.6 Å². The van der Waals surface area contributed by atoms with Crippen LogP contribution in [0, 0.1) is 0 Å². The van der Waals surface area contributed by atoms with Crippen LogP contribution >= 0.6 is 44.4 Å². The Hall–Kier alpha value is -0.990. The van der Waals surface area contributed by atoms with Crippen LogP contribution in [-0.4, -0.2) is 11.3 Å². The standard InChI is InChI=1S/C16H13Cl2N2PS/c17-12-7-13(18)9-14(8-12)22-20(10-21)15-5-1-3-11-4-2-6-19-16(11)15/h1-9H,10,21H2. The van der Waals surface area contributed by atoms with Gasteiger partial charge in [-0.15, -0.1) is 9.24 Å². The Balaban J connectivity index is 1.99. The Bertz CT molecular complexity index is 788. The van der Waals surface area contributed by atoms with E-state index in [1.54, 1.807) is 18.0 Å². The van der Waals surface area contributed by atoms with Crippen molar-refractivity contribution in [3.63, 3.8) is 0 Å². The highest BCUT2D eigenvalue weighted by atomic mass is 35.5. The lowest BCUT2D eigenvalue weighted by atomic mass is 10.2. The van der Waals surface area contributed by atoms with Crippen molar-refractivity contribution in [3.05, 3.63) is 64.8 Å². The molecule has 6 heteroatoms. The Labute approximate surface area is 146 Å². The molecule has 0 saturated carbocycles. The summed E-state index contributed by atoms with van der Waals surface area (Å²) in [5, 5.41) is 2.39. The fourth-order valence-electron chi connectivity index (χ4n) is 2.18. The van der Waals surface area contributed by atoms with Gasteiger partial charge < -0.3 is 4.31 Å². The molecule has 0 N–H and O–H groups in total. The molecule has 0 fully saturated rings. The maximum Gasteiger partial charge on any atom is 0.0943 e. The SMILES string of the molecule is PCN(Sc1cc(Cl)cc(Cl)c1)c1cccc2cccnc12. The zero-order chi connectivity index (χ0) is 15.5. The Morgan fingerprint density at radius 3 is 2.50 bits per heavy atom. The van der Waals surface area contributed by atoms with Crippen LogP contribution in [0.2, 0.25) is 10.0 Å². The van der Waals surface area contributed by atoms with Gasteiger partial charge in [0.15, 0.2) is 0 Å². The summed E-state index contributed by atoms with van der Waals surface area (Å²) in [5.41, 5.74) is 2.04. The predicted octanol–water partition coefficient (Wildman–Crippen LogP) is 5.89. The van der Waals surface area contributed by atoms with Gasteiger partial charge in [0.1, 0.15) is 0 Å². The van der Waals surface area contributed by atoms with Crippen molar-refractivity contribution < 1.29 is 0 Å². The predicted molar refractivity (Wildman–Crippen MR) is 101 cm³/mol. The highest BCUT2D eigenvalue weighted by Gasteiger charge is 2.12. The summed E-state index contributed by atoms with van der Waals surface area (Å²) in [5.74, 6) is 0. The van der Waals surface area contributed by atoms with Crippen LogP contribution in [-0.2, 0) is 0 Å². The van der Waals surface area contributed by atoms with Crippen LogP contribution in [0.25, 0.3) is 10.9 Å². The largest absolute Gasteiger partial charge is 0.306 e. The lowest BCUT2D eigenvalue weighted by molar-refractivity contribution is 1.29. The first kappa shape index (κ1) is 15.9. The van der Waals surface area contributed by atoms with Crippen LogP contribution in [0.3, 0.4) is 0 Å². The van der Waals surface area contributed by atoms with E-state index in [-0.39, 0.29) is 0 Å². The second-order valence-corrected chi connectivity index (χ2v) is 6.94. The third-order valence-electron chi connectivity index (χ3n) is 3.10. The number of aromatic nitrogens is 1. The molecule has 0 aliphatic carbocycles. The zero-order valence-electron chi connectivity index (χ0n) is 11.5. The molecular weight excluding hydrogens is 354 g/mol. The van der Waals surface area contributed by atoms with Gasteiger partial charge in [-0.25, -0.2) is 0 Å². The first-order valence-electron chi connectivity index (χ1n) is 6.63. The quantitative estimate of drug-likeness (QED) is 0.423. The number of pyridine rings is 1. The maximum atomic E-state index is 6.08. The summed E-state index contributed by atoms with van der Waals surface area (Å²) < 4.78 is 2.15. The molecule has 0 spiro atoms. The van der Waals surface area contributed by atoms with Crippen molar-refractivity contribution in [3.8, 4) is 0 Å². The summed E-state index contributed by atoms with van der Waals surface area (Å²) in [6.45, 7) is 0. The van der Waals surface area contributed by atoms with E-state index < -0.39 is 0 Å². The van der Waals surface area contributed by atoms with Gasteiger partial charge in [-0.2, -0.15) is 0 Å². The second kappa shape index (κ2) is 7.06. The topological polar surface area (TPSA) is 16.1 Å². The molecule has 0 radical (unpaired) electrons. The number of fused-ring (bicyclic) bond motifs is 1. The summed E-state index contributed by atoms with van der Waals surface area (Å²) in [7, 11) is 2.75. The molecule has 0 amide bonds. The van der Waals surface area contributed by atoms with Crippen molar-refractivity contribution >= 4 is 61.0 Å².